The standard InChI is InChI=1S/C46H30N2O/c1-2-10-31-25-32(18-17-29(31)9-1)30-19-21-33(22-20-30)47-41-14-6-3-11-35(41)39-27-40-36-12-4-7-15-42(36)48(44(40)28-43(39)47)34-23-24-38-37-13-5-8-16-45(37)49-46(38)26-34/h1-5,7-13,15-28H,6,14H2. The van der Waals surface area contributed by atoms with Gasteiger partial charge in [-0.1, -0.05) is 97.1 Å². The predicted octanol–water partition coefficient (Wildman–Crippen LogP) is 12.4. The van der Waals surface area contributed by atoms with Crippen LogP contribution in [0.1, 0.15) is 17.7 Å². The molecule has 0 atom stereocenters. The van der Waals surface area contributed by atoms with Crippen molar-refractivity contribution in [2.75, 3.05) is 0 Å². The Hall–Kier alpha value is -6.32. The Labute approximate surface area is 282 Å². The molecule has 0 saturated carbocycles. The van der Waals surface area contributed by atoms with E-state index < -0.39 is 0 Å². The van der Waals surface area contributed by atoms with Gasteiger partial charge >= 0.3 is 0 Å². The lowest BCUT2D eigenvalue weighted by atomic mass is 10.0. The maximum Gasteiger partial charge on any atom is 0.137 e. The fourth-order valence-electron chi connectivity index (χ4n) is 8.28. The first-order valence-corrected chi connectivity index (χ1v) is 17.1. The van der Waals surface area contributed by atoms with E-state index in [-0.39, 0.29) is 0 Å². The van der Waals surface area contributed by atoms with Crippen LogP contribution in [0.4, 0.5) is 0 Å². The van der Waals surface area contributed by atoms with Crippen LogP contribution in [0.25, 0.3) is 94.0 Å². The van der Waals surface area contributed by atoms with Crippen LogP contribution in [0.3, 0.4) is 0 Å². The topological polar surface area (TPSA) is 23.0 Å². The molecule has 49 heavy (non-hydrogen) atoms. The van der Waals surface area contributed by atoms with E-state index in [4.69, 9.17) is 4.42 Å². The third kappa shape index (κ3) is 3.90. The van der Waals surface area contributed by atoms with Crippen molar-refractivity contribution in [3.63, 3.8) is 0 Å². The van der Waals surface area contributed by atoms with Crippen molar-refractivity contribution >= 4 is 71.5 Å². The number of para-hydroxylation sites is 2. The lowest BCUT2D eigenvalue weighted by Gasteiger charge is -2.14. The number of rotatable bonds is 3. The van der Waals surface area contributed by atoms with Gasteiger partial charge < -0.3 is 13.6 Å². The van der Waals surface area contributed by atoms with Crippen molar-refractivity contribution in [3.05, 3.63) is 163 Å². The molecular formula is C46H30N2O. The van der Waals surface area contributed by atoms with E-state index >= 15 is 0 Å². The van der Waals surface area contributed by atoms with Crippen molar-refractivity contribution in [2.45, 2.75) is 12.8 Å². The molecule has 0 aliphatic heterocycles. The minimum Gasteiger partial charge on any atom is -0.456 e. The van der Waals surface area contributed by atoms with Gasteiger partial charge in [0.25, 0.3) is 0 Å². The fraction of sp³-hybridized carbons (Fsp3) is 0.0435. The molecule has 10 aromatic rings. The van der Waals surface area contributed by atoms with Gasteiger partial charge in [0.05, 0.1) is 16.6 Å². The van der Waals surface area contributed by atoms with Crippen molar-refractivity contribution in [2.24, 2.45) is 0 Å². The normalized spacial score (nSPS) is 13.1. The molecule has 0 fully saturated rings. The summed E-state index contributed by atoms with van der Waals surface area (Å²) in [6.07, 6.45) is 6.72. The Balaban J connectivity index is 1.13. The fourth-order valence-corrected chi connectivity index (χ4v) is 8.28. The second-order valence-electron chi connectivity index (χ2n) is 13.3. The van der Waals surface area contributed by atoms with Gasteiger partial charge in [-0.3, -0.25) is 0 Å². The first kappa shape index (κ1) is 26.7. The number of fused-ring (bicyclic) bond motifs is 10. The molecule has 3 nitrogen and oxygen atoms in total. The monoisotopic (exact) mass is 626 g/mol. The highest BCUT2D eigenvalue weighted by Crippen LogP contribution is 2.41. The zero-order valence-electron chi connectivity index (χ0n) is 26.7. The summed E-state index contributed by atoms with van der Waals surface area (Å²) in [6.45, 7) is 0. The number of hydrogen-bond donors (Lipinski definition) is 0. The van der Waals surface area contributed by atoms with Crippen LogP contribution >= 0.6 is 0 Å². The van der Waals surface area contributed by atoms with Crippen LogP contribution in [0, 0.1) is 0 Å². The third-order valence-electron chi connectivity index (χ3n) is 10.6. The molecule has 7 aromatic carbocycles. The summed E-state index contributed by atoms with van der Waals surface area (Å²) in [6, 6.07) is 53.0. The van der Waals surface area contributed by atoms with E-state index in [9.17, 15) is 0 Å². The van der Waals surface area contributed by atoms with Gasteiger partial charge in [0.2, 0.25) is 0 Å². The second-order valence-corrected chi connectivity index (χ2v) is 13.3. The lowest BCUT2D eigenvalue weighted by molar-refractivity contribution is 0.668. The van der Waals surface area contributed by atoms with Crippen molar-refractivity contribution in [3.8, 4) is 22.5 Å². The minimum absolute atomic E-state index is 0.904. The molecule has 1 aliphatic carbocycles. The molecule has 0 saturated heterocycles. The minimum atomic E-state index is 0.904. The second kappa shape index (κ2) is 10.1. The van der Waals surface area contributed by atoms with Gasteiger partial charge in [-0.05, 0) is 89.3 Å². The molecule has 0 bridgehead atoms. The van der Waals surface area contributed by atoms with Crippen LogP contribution < -0.4 is 0 Å². The first-order chi connectivity index (χ1) is 24.3. The van der Waals surface area contributed by atoms with E-state index in [1.54, 1.807) is 0 Å². The van der Waals surface area contributed by atoms with Crippen LogP contribution in [0.15, 0.2) is 156 Å². The Morgan fingerprint density at radius 2 is 1.18 bits per heavy atom. The summed E-state index contributed by atoms with van der Waals surface area (Å²) in [7, 11) is 0. The molecule has 0 spiro atoms. The van der Waals surface area contributed by atoms with Gasteiger partial charge in [0.1, 0.15) is 11.2 Å². The number of benzene rings is 7. The highest BCUT2D eigenvalue weighted by Gasteiger charge is 2.22. The number of allylic oxidation sites excluding steroid dienone is 1. The lowest BCUT2D eigenvalue weighted by Crippen LogP contribution is -2.03. The van der Waals surface area contributed by atoms with E-state index in [1.807, 2.05) is 12.1 Å². The summed E-state index contributed by atoms with van der Waals surface area (Å²) in [5, 5.41) is 8.64. The van der Waals surface area contributed by atoms with E-state index in [0.717, 1.165) is 40.5 Å². The number of furan rings is 1. The van der Waals surface area contributed by atoms with Gasteiger partial charge in [0, 0.05) is 55.6 Å². The Morgan fingerprint density at radius 3 is 2.10 bits per heavy atom. The summed E-state index contributed by atoms with van der Waals surface area (Å²) < 4.78 is 11.3. The molecule has 11 rings (SSSR count). The summed E-state index contributed by atoms with van der Waals surface area (Å²) in [5.41, 5.74) is 12.9. The number of nitrogens with zero attached hydrogens (tertiary/aromatic N) is 2. The molecule has 230 valence electrons. The molecule has 0 unspecified atom stereocenters. The highest BCUT2D eigenvalue weighted by molar-refractivity contribution is 6.15. The Kier molecular flexibility index (Phi) is 5.50. The highest BCUT2D eigenvalue weighted by atomic mass is 16.3. The van der Waals surface area contributed by atoms with Crippen molar-refractivity contribution in [1.29, 1.82) is 0 Å². The maximum atomic E-state index is 6.36. The molecular weight excluding hydrogens is 597 g/mol. The molecule has 0 N–H and O–H groups in total. The zero-order chi connectivity index (χ0) is 32.1. The van der Waals surface area contributed by atoms with Gasteiger partial charge in [-0.25, -0.2) is 0 Å². The summed E-state index contributed by atoms with van der Waals surface area (Å²) in [5.74, 6) is 0. The molecule has 0 radical (unpaired) electrons. The molecule has 3 aromatic heterocycles. The maximum absolute atomic E-state index is 6.36. The Morgan fingerprint density at radius 1 is 0.449 bits per heavy atom. The average Bonchev–Trinajstić information content (AvgIpc) is 3.80. The van der Waals surface area contributed by atoms with E-state index in [0.29, 0.717) is 0 Å². The van der Waals surface area contributed by atoms with Crippen LogP contribution in [0.2, 0.25) is 0 Å². The van der Waals surface area contributed by atoms with Crippen LogP contribution in [-0.4, -0.2) is 9.13 Å². The Bertz CT molecular complexity index is 2980. The van der Waals surface area contributed by atoms with Crippen molar-refractivity contribution < 1.29 is 4.42 Å². The SMILES string of the molecule is C1=Cc2c(n(-c3ccc(-c4ccc5ccccc5c4)cc3)c3cc4c(cc23)c2ccccc2n4-c2ccc3c(c2)oc2ccccc23)CC1. The quantitative estimate of drug-likeness (QED) is 0.191. The largest absolute Gasteiger partial charge is 0.456 e. The molecule has 1 aliphatic rings. The molecule has 0 amide bonds. The van der Waals surface area contributed by atoms with Crippen LogP contribution in [0.5, 0.6) is 0 Å². The predicted molar refractivity (Wildman–Crippen MR) is 205 cm³/mol. The number of aromatic nitrogens is 2. The smallest absolute Gasteiger partial charge is 0.137 e. The zero-order valence-corrected chi connectivity index (χ0v) is 26.7. The van der Waals surface area contributed by atoms with Crippen molar-refractivity contribution in [1.82, 2.24) is 9.13 Å². The van der Waals surface area contributed by atoms with Gasteiger partial charge in [0.15, 0.2) is 0 Å². The van der Waals surface area contributed by atoms with Gasteiger partial charge in [-0.15, -0.1) is 0 Å². The third-order valence-corrected chi connectivity index (χ3v) is 10.6. The summed E-state index contributed by atoms with van der Waals surface area (Å²) >= 11 is 0. The van der Waals surface area contributed by atoms with E-state index in [2.05, 4.69) is 155 Å². The average molecular weight is 627 g/mol. The summed E-state index contributed by atoms with van der Waals surface area (Å²) in [4.78, 5) is 0. The number of hydrogen-bond acceptors (Lipinski definition) is 1. The van der Waals surface area contributed by atoms with E-state index in [1.165, 1.54) is 71.6 Å². The first-order valence-electron chi connectivity index (χ1n) is 17.1. The molecule has 3 heteroatoms. The molecule has 3 heterocycles. The van der Waals surface area contributed by atoms with Gasteiger partial charge in [-0.2, -0.15) is 0 Å². The van der Waals surface area contributed by atoms with Crippen LogP contribution in [-0.2, 0) is 6.42 Å².